The highest BCUT2D eigenvalue weighted by atomic mass is 16.5. The number of nitrogens with one attached hydrogen (secondary N) is 1. The van der Waals surface area contributed by atoms with Gasteiger partial charge < -0.3 is 24.7 Å². The molecule has 1 aromatic rings. The maximum atomic E-state index is 12.1. The molecule has 1 N–H and O–H groups in total. The van der Waals surface area contributed by atoms with Crippen LogP contribution >= 0.6 is 0 Å². The van der Waals surface area contributed by atoms with Crippen LogP contribution in [0.2, 0.25) is 0 Å². The number of hydrogen-bond acceptors (Lipinski definition) is 5. The third-order valence-electron chi connectivity index (χ3n) is 2.82. The molecule has 0 spiro atoms. The number of carbonyl (C=O) groups excluding carboxylic acids is 2. The zero-order valence-corrected chi connectivity index (χ0v) is 11.9. The van der Waals surface area contributed by atoms with E-state index in [0.29, 0.717) is 11.5 Å². The number of rotatable bonds is 6. The minimum absolute atomic E-state index is 0.258. The number of carbonyl (C=O) groups is 2. The first-order valence-corrected chi connectivity index (χ1v) is 6.13. The molecule has 0 radical (unpaired) electrons. The Morgan fingerprint density at radius 3 is 1.95 bits per heavy atom. The van der Waals surface area contributed by atoms with Crippen molar-refractivity contribution in [3.63, 3.8) is 0 Å². The van der Waals surface area contributed by atoms with Crippen LogP contribution in [0, 0.1) is 5.92 Å². The van der Waals surface area contributed by atoms with E-state index in [4.69, 9.17) is 9.47 Å². The highest BCUT2D eigenvalue weighted by molar-refractivity contribution is 5.97. The first-order chi connectivity index (χ1) is 9.38. The Kier molecular flexibility index (Phi) is 5.37. The predicted molar refractivity (Wildman–Crippen MR) is 70.6 cm³/mol. The number of benzene rings is 1. The third-order valence-corrected chi connectivity index (χ3v) is 2.82. The lowest BCUT2D eigenvalue weighted by molar-refractivity contribution is -0.309. The van der Waals surface area contributed by atoms with Crippen molar-refractivity contribution < 1.29 is 24.2 Å². The van der Waals surface area contributed by atoms with E-state index in [-0.39, 0.29) is 11.5 Å². The van der Waals surface area contributed by atoms with Crippen LogP contribution in [-0.2, 0) is 4.79 Å². The summed E-state index contributed by atoms with van der Waals surface area (Å²) in [5.41, 5.74) is 0.258. The maximum absolute atomic E-state index is 12.1. The minimum Gasteiger partial charge on any atom is -0.548 e. The number of ether oxygens (including phenoxy) is 2. The van der Waals surface area contributed by atoms with Crippen molar-refractivity contribution in [1.29, 1.82) is 0 Å². The van der Waals surface area contributed by atoms with Gasteiger partial charge in [0.2, 0.25) is 0 Å². The molecule has 0 aromatic heterocycles. The quantitative estimate of drug-likeness (QED) is 0.804. The average Bonchev–Trinajstić information content (AvgIpc) is 2.42. The standard InChI is InChI=1S/C14H19NO5/c1-8(2)12(14(17)18)15-13(16)9-5-10(19-3)7-11(6-9)20-4/h5-8,12H,1-4H3,(H,15,16)(H,17,18)/p-1/t12-/m0/s1. The molecule has 0 fully saturated rings. The van der Waals surface area contributed by atoms with Gasteiger partial charge in [-0.2, -0.15) is 0 Å². The van der Waals surface area contributed by atoms with E-state index in [1.807, 2.05) is 0 Å². The van der Waals surface area contributed by atoms with Crippen LogP contribution in [0.1, 0.15) is 24.2 Å². The van der Waals surface area contributed by atoms with Gasteiger partial charge >= 0.3 is 0 Å². The summed E-state index contributed by atoms with van der Waals surface area (Å²) in [7, 11) is 2.93. The Bertz CT molecular complexity index is 476. The van der Waals surface area contributed by atoms with Gasteiger partial charge in [0.1, 0.15) is 11.5 Å². The molecule has 110 valence electrons. The van der Waals surface area contributed by atoms with Crippen molar-refractivity contribution in [2.75, 3.05) is 14.2 Å². The van der Waals surface area contributed by atoms with Gasteiger partial charge in [-0.25, -0.2) is 0 Å². The molecule has 1 aromatic carbocycles. The van der Waals surface area contributed by atoms with Crippen LogP contribution < -0.4 is 19.9 Å². The Hall–Kier alpha value is -2.24. The van der Waals surface area contributed by atoms with Crippen LogP contribution in [0.5, 0.6) is 11.5 Å². The van der Waals surface area contributed by atoms with Gasteiger partial charge in [-0.15, -0.1) is 0 Å². The summed E-state index contributed by atoms with van der Waals surface area (Å²) in [5, 5.41) is 13.4. The molecule has 0 unspecified atom stereocenters. The fraction of sp³-hybridized carbons (Fsp3) is 0.429. The molecule has 6 nitrogen and oxygen atoms in total. The van der Waals surface area contributed by atoms with E-state index in [9.17, 15) is 14.7 Å². The van der Waals surface area contributed by atoms with Gasteiger partial charge in [0.15, 0.2) is 0 Å². The van der Waals surface area contributed by atoms with Crippen molar-refractivity contribution in [2.24, 2.45) is 5.92 Å². The smallest absolute Gasteiger partial charge is 0.252 e. The van der Waals surface area contributed by atoms with Crippen molar-refractivity contribution in [3.8, 4) is 11.5 Å². The average molecular weight is 280 g/mol. The Morgan fingerprint density at radius 2 is 1.60 bits per heavy atom. The molecule has 0 bridgehead atoms. The second-order valence-electron chi connectivity index (χ2n) is 4.62. The fourth-order valence-corrected chi connectivity index (χ4v) is 1.66. The van der Waals surface area contributed by atoms with Gasteiger partial charge in [-0.05, 0) is 18.1 Å². The summed E-state index contributed by atoms with van der Waals surface area (Å²) >= 11 is 0. The lowest BCUT2D eigenvalue weighted by atomic mass is 10.0. The zero-order chi connectivity index (χ0) is 15.3. The molecule has 0 aliphatic heterocycles. The van der Waals surface area contributed by atoms with Gasteiger partial charge in [-0.1, -0.05) is 13.8 Å². The van der Waals surface area contributed by atoms with Gasteiger partial charge in [0, 0.05) is 11.6 Å². The number of methoxy groups -OCH3 is 2. The number of amides is 1. The molecule has 0 heterocycles. The normalized spacial score (nSPS) is 11.8. The lowest BCUT2D eigenvalue weighted by Gasteiger charge is -2.23. The summed E-state index contributed by atoms with van der Waals surface area (Å²) in [6.07, 6.45) is 0. The van der Waals surface area contributed by atoms with E-state index in [1.54, 1.807) is 19.9 Å². The number of carboxylic acid groups (broad SMARTS) is 1. The van der Waals surface area contributed by atoms with Crippen molar-refractivity contribution >= 4 is 11.9 Å². The Morgan fingerprint density at radius 1 is 1.10 bits per heavy atom. The molecule has 6 heteroatoms. The molecule has 1 amide bonds. The van der Waals surface area contributed by atoms with Crippen molar-refractivity contribution in [1.82, 2.24) is 5.32 Å². The lowest BCUT2D eigenvalue weighted by Crippen LogP contribution is -2.50. The molecule has 0 saturated carbocycles. The van der Waals surface area contributed by atoms with Crippen LogP contribution in [0.4, 0.5) is 0 Å². The second-order valence-corrected chi connectivity index (χ2v) is 4.62. The van der Waals surface area contributed by atoms with Crippen LogP contribution in [-0.4, -0.2) is 32.1 Å². The minimum atomic E-state index is -1.32. The second kappa shape index (κ2) is 6.79. The number of aliphatic carboxylic acids is 1. The van der Waals surface area contributed by atoms with Crippen LogP contribution in [0.25, 0.3) is 0 Å². The van der Waals surface area contributed by atoms with E-state index < -0.39 is 17.9 Å². The summed E-state index contributed by atoms with van der Waals surface area (Å²) in [6, 6.07) is 3.57. The number of hydrogen-bond donors (Lipinski definition) is 1. The highest BCUT2D eigenvalue weighted by Crippen LogP contribution is 2.22. The SMILES string of the molecule is COc1cc(OC)cc(C(=O)N[C@H](C(=O)[O-])C(C)C)c1. The zero-order valence-electron chi connectivity index (χ0n) is 11.9. The Labute approximate surface area is 117 Å². The largest absolute Gasteiger partial charge is 0.548 e. The first kappa shape index (κ1) is 15.8. The topological polar surface area (TPSA) is 87.7 Å². The summed E-state index contributed by atoms with van der Waals surface area (Å²) in [4.78, 5) is 23.1. The highest BCUT2D eigenvalue weighted by Gasteiger charge is 2.19. The monoisotopic (exact) mass is 280 g/mol. The van der Waals surface area contributed by atoms with Gasteiger partial charge in [-0.3, -0.25) is 4.79 Å². The van der Waals surface area contributed by atoms with E-state index in [1.165, 1.54) is 26.4 Å². The van der Waals surface area contributed by atoms with E-state index >= 15 is 0 Å². The summed E-state index contributed by atoms with van der Waals surface area (Å²) in [6.45, 7) is 3.37. The third kappa shape index (κ3) is 3.88. The first-order valence-electron chi connectivity index (χ1n) is 6.13. The molecule has 0 aliphatic rings. The molecule has 1 atom stereocenters. The van der Waals surface area contributed by atoms with Crippen molar-refractivity contribution in [2.45, 2.75) is 19.9 Å². The van der Waals surface area contributed by atoms with Crippen LogP contribution in [0.3, 0.4) is 0 Å². The predicted octanol–water partition coefficient (Wildman–Crippen LogP) is 0.208. The van der Waals surface area contributed by atoms with Gasteiger partial charge in [0.05, 0.1) is 26.2 Å². The molecule has 1 rings (SSSR count). The number of carboxylic acids is 1. The molecule has 0 saturated heterocycles. The van der Waals surface area contributed by atoms with Crippen molar-refractivity contribution in [3.05, 3.63) is 23.8 Å². The molecule has 0 aliphatic carbocycles. The van der Waals surface area contributed by atoms with E-state index in [2.05, 4.69) is 5.32 Å². The molecule has 20 heavy (non-hydrogen) atoms. The summed E-state index contributed by atoms with van der Waals surface area (Å²) in [5.74, 6) is -1.22. The molecular formula is C14H18NO5-. The summed E-state index contributed by atoms with van der Waals surface area (Å²) < 4.78 is 10.1. The fourth-order valence-electron chi connectivity index (χ4n) is 1.66. The Balaban J connectivity index is 2.99. The van der Waals surface area contributed by atoms with E-state index in [0.717, 1.165) is 0 Å². The maximum Gasteiger partial charge on any atom is 0.252 e. The van der Waals surface area contributed by atoms with Crippen LogP contribution in [0.15, 0.2) is 18.2 Å². The van der Waals surface area contributed by atoms with Gasteiger partial charge in [0.25, 0.3) is 5.91 Å². The molecular weight excluding hydrogens is 262 g/mol.